The highest BCUT2D eigenvalue weighted by molar-refractivity contribution is 9.10. The van der Waals surface area contributed by atoms with Gasteiger partial charge in [0.1, 0.15) is 0 Å². The first kappa shape index (κ1) is 11.5. The van der Waals surface area contributed by atoms with Crippen LogP contribution >= 0.6 is 27.5 Å². The molecule has 0 nitrogen and oxygen atoms in total. The van der Waals surface area contributed by atoms with Crippen LogP contribution in [0.4, 0.5) is 0 Å². The lowest BCUT2D eigenvalue weighted by Gasteiger charge is -2.15. The highest BCUT2D eigenvalue weighted by Crippen LogP contribution is 2.33. The van der Waals surface area contributed by atoms with E-state index in [-0.39, 0.29) is 0 Å². The molecule has 2 unspecified atom stereocenters. The van der Waals surface area contributed by atoms with Gasteiger partial charge in [0.05, 0.1) is 0 Å². The Kier molecular flexibility index (Phi) is 3.73. The van der Waals surface area contributed by atoms with Gasteiger partial charge in [0.15, 0.2) is 0 Å². The van der Waals surface area contributed by atoms with Crippen molar-refractivity contribution in [2.45, 2.75) is 38.0 Å². The Labute approximate surface area is 105 Å². The summed E-state index contributed by atoms with van der Waals surface area (Å²) in [4.78, 5) is 0. The molecule has 0 saturated heterocycles. The smallest absolute Gasteiger partial charge is 0.0367 e. The highest BCUT2D eigenvalue weighted by atomic mass is 79.9. The van der Waals surface area contributed by atoms with Crippen LogP contribution in [0.2, 0.25) is 0 Å². The summed E-state index contributed by atoms with van der Waals surface area (Å²) in [6.07, 6.45) is 4.92. The number of benzene rings is 1. The molecule has 0 heterocycles. The van der Waals surface area contributed by atoms with E-state index in [0.29, 0.717) is 11.3 Å². The average Bonchev–Trinajstić information content (AvgIpc) is 2.58. The predicted molar refractivity (Wildman–Crippen MR) is 69.6 cm³/mol. The molecular weight excluding hydrogens is 272 g/mol. The summed E-state index contributed by atoms with van der Waals surface area (Å²) in [6, 6.07) is 6.51. The SMILES string of the molecule is Cc1ccc(Br)cc1CC1CCCC1Cl. The van der Waals surface area contributed by atoms with E-state index in [1.165, 1.54) is 34.9 Å². The zero-order valence-corrected chi connectivity index (χ0v) is 11.3. The first-order chi connectivity index (χ1) is 7.16. The molecule has 2 heteroatoms. The number of halogens is 2. The standard InChI is InChI=1S/C13H16BrCl/c1-9-5-6-12(14)8-11(9)7-10-3-2-4-13(10)15/h5-6,8,10,13H,2-4,7H2,1H3. The molecule has 1 aromatic carbocycles. The topological polar surface area (TPSA) is 0 Å². The molecule has 0 aliphatic heterocycles. The first-order valence-corrected chi connectivity index (χ1v) is 6.79. The summed E-state index contributed by atoms with van der Waals surface area (Å²) in [6.45, 7) is 2.18. The van der Waals surface area contributed by atoms with Crippen LogP contribution in [0.3, 0.4) is 0 Å². The Morgan fingerprint density at radius 3 is 2.87 bits per heavy atom. The van der Waals surface area contributed by atoms with Crippen molar-refractivity contribution < 1.29 is 0 Å². The highest BCUT2D eigenvalue weighted by Gasteiger charge is 2.25. The molecule has 0 radical (unpaired) electrons. The number of aryl methyl sites for hydroxylation is 1. The van der Waals surface area contributed by atoms with Gasteiger partial charge in [0, 0.05) is 9.85 Å². The fourth-order valence-corrected chi connectivity index (χ4v) is 3.14. The maximum absolute atomic E-state index is 6.31. The van der Waals surface area contributed by atoms with Crippen LogP contribution in [0.15, 0.2) is 22.7 Å². The summed E-state index contributed by atoms with van der Waals surface area (Å²) < 4.78 is 1.17. The third kappa shape index (κ3) is 2.76. The Morgan fingerprint density at radius 2 is 2.20 bits per heavy atom. The van der Waals surface area contributed by atoms with E-state index in [1.54, 1.807) is 0 Å². The number of rotatable bonds is 2. The van der Waals surface area contributed by atoms with Crippen molar-refractivity contribution in [3.8, 4) is 0 Å². The van der Waals surface area contributed by atoms with Gasteiger partial charge in [-0.2, -0.15) is 0 Å². The van der Waals surface area contributed by atoms with Crippen LogP contribution < -0.4 is 0 Å². The van der Waals surface area contributed by atoms with E-state index in [1.807, 2.05) is 0 Å². The van der Waals surface area contributed by atoms with E-state index in [2.05, 4.69) is 41.1 Å². The van der Waals surface area contributed by atoms with E-state index in [4.69, 9.17) is 11.6 Å². The van der Waals surface area contributed by atoms with Gasteiger partial charge in [0.25, 0.3) is 0 Å². The monoisotopic (exact) mass is 286 g/mol. The van der Waals surface area contributed by atoms with Crippen LogP contribution in [0, 0.1) is 12.8 Å². The normalized spacial score (nSPS) is 25.8. The third-order valence-electron chi connectivity index (χ3n) is 3.36. The Hall–Kier alpha value is -0.0100. The molecule has 0 spiro atoms. The van der Waals surface area contributed by atoms with Gasteiger partial charge in [-0.05, 0) is 55.4 Å². The van der Waals surface area contributed by atoms with Gasteiger partial charge in [-0.15, -0.1) is 11.6 Å². The summed E-state index contributed by atoms with van der Waals surface area (Å²) in [5, 5.41) is 0.392. The van der Waals surface area contributed by atoms with Crippen LogP contribution in [-0.4, -0.2) is 5.38 Å². The number of hydrogen-bond donors (Lipinski definition) is 0. The fourth-order valence-electron chi connectivity index (χ4n) is 2.36. The Balaban J connectivity index is 2.12. The van der Waals surface area contributed by atoms with Crippen LogP contribution in [-0.2, 0) is 6.42 Å². The molecular formula is C13H16BrCl. The molecule has 2 atom stereocenters. The third-order valence-corrected chi connectivity index (χ3v) is 4.43. The summed E-state index contributed by atoms with van der Waals surface area (Å²) >= 11 is 9.84. The maximum atomic E-state index is 6.31. The minimum atomic E-state index is 0.392. The average molecular weight is 288 g/mol. The van der Waals surface area contributed by atoms with Crippen LogP contribution in [0.5, 0.6) is 0 Å². The molecule has 1 aromatic rings. The number of hydrogen-bond acceptors (Lipinski definition) is 0. The van der Waals surface area contributed by atoms with Crippen LogP contribution in [0.1, 0.15) is 30.4 Å². The molecule has 1 saturated carbocycles. The van der Waals surface area contributed by atoms with Gasteiger partial charge in [-0.1, -0.05) is 28.4 Å². The van der Waals surface area contributed by atoms with E-state index in [9.17, 15) is 0 Å². The van der Waals surface area contributed by atoms with Crippen molar-refractivity contribution in [3.63, 3.8) is 0 Å². The largest absolute Gasteiger partial charge is 0.123 e. The van der Waals surface area contributed by atoms with Crippen LogP contribution in [0.25, 0.3) is 0 Å². The molecule has 0 aromatic heterocycles. The summed E-state index contributed by atoms with van der Waals surface area (Å²) in [5.41, 5.74) is 2.83. The van der Waals surface area contributed by atoms with Crippen molar-refractivity contribution in [2.75, 3.05) is 0 Å². The molecule has 1 fully saturated rings. The second kappa shape index (κ2) is 4.88. The minimum Gasteiger partial charge on any atom is -0.123 e. The predicted octanol–water partition coefficient (Wildman–Crippen LogP) is 4.71. The molecule has 0 bridgehead atoms. The molecule has 1 aliphatic carbocycles. The second-order valence-corrected chi connectivity index (χ2v) is 5.96. The van der Waals surface area contributed by atoms with Gasteiger partial charge in [-0.3, -0.25) is 0 Å². The van der Waals surface area contributed by atoms with Crippen molar-refractivity contribution in [1.29, 1.82) is 0 Å². The molecule has 1 aliphatic rings. The van der Waals surface area contributed by atoms with Gasteiger partial charge >= 0.3 is 0 Å². The zero-order chi connectivity index (χ0) is 10.8. The van der Waals surface area contributed by atoms with Crippen molar-refractivity contribution in [2.24, 2.45) is 5.92 Å². The van der Waals surface area contributed by atoms with Gasteiger partial charge in [-0.25, -0.2) is 0 Å². The fraction of sp³-hybridized carbons (Fsp3) is 0.538. The van der Waals surface area contributed by atoms with E-state index >= 15 is 0 Å². The molecule has 0 N–H and O–H groups in total. The quantitative estimate of drug-likeness (QED) is 0.691. The van der Waals surface area contributed by atoms with Gasteiger partial charge < -0.3 is 0 Å². The molecule has 0 amide bonds. The molecule has 15 heavy (non-hydrogen) atoms. The zero-order valence-electron chi connectivity index (χ0n) is 8.97. The van der Waals surface area contributed by atoms with E-state index < -0.39 is 0 Å². The molecule has 2 rings (SSSR count). The second-order valence-electron chi connectivity index (χ2n) is 4.48. The van der Waals surface area contributed by atoms with Crippen molar-refractivity contribution in [1.82, 2.24) is 0 Å². The van der Waals surface area contributed by atoms with E-state index in [0.717, 1.165) is 6.42 Å². The minimum absolute atomic E-state index is 0.392. The Bertz CT molecular complexity index is 348. The summed E-state index contributed by atoms with van der Waals surface area (Å²) in [5.74, 6) is 0.680. The lowest BCUT2D eigenvalue weighted by molar-refractivity contribution is 0.551. The Morgan fingerprint density at radius 1 is 1.40 bits per heavy atom. The molecule has 82 valence electrons. The number of alkyl halides is 1. The lowest BCUT2D eigenvalue weighted by Crippen LogP contribution is -2.10. The lowest BCUT2D eigenvalue weighted by atomic mass is 9.95. The first-order valence-electron chi connectivity index (χ1n) is 5.56. The summed E-state index contributed by atoms with van der Waals surface area (Å²) in [7, 11) is 0. The van der Waals surface area contributed by atoms with Crippen molar-refractivity contribution in [3.05, 3.63) is 33.8 Å². The van der Waals surface area contributed by atoms with Crippen molar-refractivity contribution >= 4 is 27.5 Å². The maximum Gasteiger partial charge on any atom is 0.0367 e. The van der Waals surface area contributed by atoms with Gasteiger partial charge in [0.2, 0.25) is 0 Å².